The highest BCUT2D eigenvalue weighted by atomic mass is 16.5. The zero-order valence-corrected chi connectivity index (χ0v) is 12.9. The molecule has 0 saturated heterocycles. The Morgan fingerprint density at radius 1 is 1.47 bits per heavy atom. The van der Waals surface area contributed by atoms with E-state index in [0.717, 1.165) is 25.7 Å². The summed E-state index contributed by atoms with van der Waals surface area (Å²) in [6.45, 7) is 7.64. The van der Waals surface area contributed by atoms with E-state index in [1.807, 2.05) is 4.90 Å². The van der Waals surface area contributed by atoms with E-state index in [-0.39, 0.29) is 29.8 Å². The van der Waals surface area contributed by atoms with Gasteiger partial charge in [0.2, 0.25) is 5.91 Å². The molecule has 0 aromatic rings. The minimum absolute atomic E-state index is 0.0922. The van der Waals surface area contributed by atoms with Gasteiger partial charge in [-0.3, -0.25) is 4.79 Å². The minimum atomic E-state index is 0.0922. The van der Waals surface area contributed by atoms with Gasteiger partial charge in [0.1, 0.15) is 0 Å². The standard InChI is InChI=1S/C15H30N2O2/c1-5-11(2)17(9-10-19-4)15(18)13-7-6-8-14(16)12(13)3/h11-14H,5-10,16H2,1-4H3. The maximum Gasteiger partial charge on any atom is 0.226 e. The van der Waals surface area contributed by atoms with Crippen molar-refractivity contribution in [2.75, 3.05) is 20.3 Å². The Labute approximate surface area is 117 Å². The van der Waals surface area contributed by atoms with Gasteiger partial charge in [0.05, 0.1) is 6.61 Å². The molecule has 1 fully saturated rings. The summed E-state index contributed by atoms with van der Waals surface area (Å²) in [6, 6.07) is 0.442. The average Bonchev–Trinajstić information content (AvgIpc) is 2.41. The maximum absolute atomic E-state index is 12.8. The summed E-state index contributed by atoms with van der Waals surface area (Å²) in [7, 11) is 1.68. The number of nitrogens with zero attached hydrogens (tertiary/aromatic N) is 1. The van der Waals surface area contributed by atoms with E-state index in [0.29, 0.717) is 13.2 Å². The zero-order chi connectivity index (χ0) is 14.4. The third-order valence-electron chi connectivity index (χ3n) is 4.62. The molecule has 19 heavy (non-hydrogen) atoms. The largest absolute Gasteiger partial charge is 0.383 e. The lowest BCUT2D eigenvalue weighted by atomic mass is 9.76. The van der Waals surface area contributed by atoms with Crippen LogP contribution in [0.2, 0.25) is 0 Å². The summed E-state index contributed by atoms with van der Waals surface area (Å²) in [5.41, 5.74) is 6.12. The Morgan fingerprint density at radius 3 is 2.74 bits per heavy atom. The van der Waals surface area contributed by atoms with E-state index >= 15 is 0 Å². The Morgan fingerprint density at radius 2 is 2.16 bits per heavy atom. The molecule has 0 spiro atoms. The van der Waals surface area contributed by atoms with E-state index in [4.69, 9.17) is 10.5 Å². The molecule has 4 atom stereocenters. The first kappa shape index (κ1) is 16.4. The fraction of sp³-hybridized carbons (Fsp3) is 0.933. The van der Waals surface area contributed by atoms with Crippen LogP contribution in [0, 0.1) is 11.8 Å². The SMILES string of the molecule is CCC(C)N(CCOC)C(=O)C1CCCC(N)C1C. The van der Waals surface area contributed by atoms with Gasteiger partial charge in [-0.25, -0.2) is 0 Å². The number of hydrogen-bond acceptors (Lipinski definition) is 3. The number of hydrogen-bond donors (Lipinski definition) is 1. The van der Waals surface area contributed by atoms with Crippen molar-refractivity contribution in [2.45, 2.75) is 58.5 Å². The highest BCUT2D eigenvalue weighted by molar-refractivity contribution is 5.79. The van der Waals surface area contributed by atoms with Crippen molar-refractivity contribution in [1.29, 1.82) is 0 Å². The molecule has 0 aromatic heterocycles. The summed E-state index contributed by atoms with van der Waals surface area (Å²) in [4.78, 5) is 14.8. The predicted molar refractivity (Wildman–Crippen MR) is 77.8 cm³/mol. The fourth-order valence-electron chi connectivity index (χ4n) is 2.92. The Balaban J connectivity index is 2.73. The Kier molecular flexibility index (Phi) is 6.80. The molecule has 4 unspecified atom stereocenters. The molecular formula is C15H30N2O2. The summed E-state index contributed by atoms with van der Waals surface area (Å²) in [5, 5.41) is 0. The summed E-state index contributed by atoms with van der Waals surface area (Å²) >= 11 is 0. The van der Waals surface area contributed by atoms with Crippen LogP contribution in [0.5, 0.6) is 0 Å². The lowest BCUT2D eigenvalue weighted by Crippen LogP contribution is -2.49. The lowest BCUT2D eigenvalue weighted by Gasteiger charge is -2.38. The molecule has 0 aromatic carbocycles. The number of rotatable bonds is 6. The Hall–Kier alpha value is -0.610. The molecule has 1 aliphatic carbocycles. The highest BCUT2D eigenvalue weighted by Gasteiger charge is 2.35. The van der Waals surface area contributed by atoms with Crippen LogP contribution in [-0.4, -0.2) is 43.2 Å². The number of amides is 1. The number of carbonyl (C=O) groups is 1. The van der Waals surface area contributed by atoms with Crippen molar-refractivity contribution in [3.63, 3.8) is 0 Å². The second-order valence-corrected chi connectivity index (χ2v) is 5.84. The van der Waals surface area contributed by atoms with Gasteiger partial charge in [-0.2, -0.15) is 0 Å². The van der Waals surface area contributed by atoms with Crippen LogP contribution in [-0.2, 0) is 9.53 Å². The van der Waals surface area contributed by atoms with Crippen molar-refractivity contribution in [3.05, 3.63) is 0 Å². The van der Waals surface area contributed by atoms with E-state index in [2.05, 4.69) is 20.8 Å². The van der Waals surface area contributed by atoms with E-state index in [1.54, 1.807) is 7.11 Å². The molecule has 0 aliphatic heterocycles. The predicted octanol–water partition coefficient (Wildman–Crippen LogP) is 2.02. The Bertz CT molecular complexity index is 283. The molecule has 4 heteroatoms. The van der Waals surface area contributed by atoms with Crippen molar-refractivity contribution in [3.8, 4) is 0 Å². The molecule has 0 heterocycles. The molecule has 1 saturated carbocycles. The smallest absolute Gasteiger partial charge is 0.226 e. The molecular weight excluding hydrogens is 240 g/mol. The zero-order valence-electron chi connectivity index (χ0n) is 12.9. The van der Waals surface area contributed by atoms with E-state index < -0.39 is 0 Å². The van der Waals surface area contributed by atoms with Crippen LogP contribution in [0.25, 0.3) is 0 Å². The number of methoxy groups -OCH3 is 1. The number of ether oxygens (including phenoxy) is 1. The van der Waals surface area contributed by atoms with Gasteiger partial charge < -0.3 is 15.4 Å². The van der Waals surface area contributed by atoms with Gasteiger partial charge in [-0.15, -0.1) is 0 Å². The van der Waals surface area contributed by atoms with Gasteiger partial charge in [0.15, 0.2) is 0 Å². The first-order valence-corrected chi connectivity index (χ1v) is 7.57. The van der Waals surface area contributed by atoms with Gasteiger partial charge in [0, 0.05) is 31.7 Å². The van der Waals surface area contributed by atoms with Crippen molar-refractivity contribution in [1.82, 2.24) is 4.90 Å². The monoisotopic (exact) mass is 270 g/mol. The van der Waals surface area contributed by atoms with Crippen LogP contribution >= 0.6 is 0 Å². The van der Waals surface area contributed by atoms with Gasteiger partial charge in [0.25, 0.3) is 0 Å². The van der Waals surface area contributed by atoms with Gasteiger partial charge in [-0.1, -0.05) is 20.3 Å². The molecule has 0 bridgehead atoms. The van der Waals surface area contributed by atoms with Crippen molar-refractivity contribution >= 4 is 5.91 Å². The summed E-state index contributed by atoms with van der Waals surface area (Å²) < 4.78 is 5.13. The molecule has 1 aliphatic rings. The maximum atomic E-state index is 12.8. The molecule has 2 N–H and O–H groups in total. The van der Waals surface area contributed by atoms with Gasteiger partial charge >= 0.3 is 0 Å². The first-order valence-electron chi connectivity index (χ1n) is 7.57. The van der Waals surface area contributed by atoms with Crippen LogP contribution in [0.3, 0.4) is 0 Å². The van der Waals surface area contributed by atoms with Crippen LogP contribution in [0.15, 0.2) is 0 Å². The highest BCUT2D eigenvalue weighted by Crippen LogP contribution is 2.31. The van der Waals surface area contributed by atoms with Crippen LogP contribution in [0.4, 0.5) is 0 Å². The third kappa shape index (κ3) is 4.18. The third-order valence-corrected chi connectivity index (χ3v) is 4.62. The minimum Gasteiger partial charge on any atom is -0.383 e. The average molecular weight is 270 g/mol. The molecule has 1 amide bonds. The molecule has 1 rings (SSSR count). The van der Waals surface area contributed by atoms with Crippen LogP contribution in [0.1, 0.15) is 46.5 Å². The topological polar surface area (TPSA) is 55.6 Å². The summed E-state index contributed by atoms with van der Waals surface area (Å²) in [5.74, 6) is 0.652. The molecule has 112 valence electrons. The van der Waals surface area contributed by atoms with Crippen molar-refractivity contribution in [2.24, 2.45) is 17.6 Å². The van der Waals surface area contributed by atoms with E-state index in [1.165, 1.54) is 0 Å². The second kappa shape index (κ2) is 7.85. The van der Waals surface area contributed by atoms with Crippen LogP contribution < -0.4 is 5.73 Å². The van der Waals surface area contributed by atoms with Crippen molar-refractivity contribution < 1.29 is 9.53 Å². The lowest BCUT2D eigenvalue weighted by molar-refractivity contribution is -0.141. The fourth-order valence-corrected chi connectivity index (χ4v) is 2.92. The first-order chi connectivity index (χ1) is 9.02. The normalized spacial score (nSPS) is 29.0. The number of carbonyl (C=O) groups excluding carboxylic acids is 1. The van der Waals surface area contributed by atoms with E-state index in [9.17, 15) is 4.79 Å². The number of nitrogens with two attached hydrogens (primary N) is 1. The summed E-state index contributed by atoms with van der Waals surface area (Å²) in [6.07, 6.45) is 4.07. The molecule has 0 radical (unpaired) electrons. The second-order valence-electron chi connectivity index (χ2n) is 5.84. The molecule has 4 nitrogen and oxygen atoms in total. The quantitative estimate of drug-likeness (QED) is 0.803. The van der Waals surface area contributed by atoms with Gasteiger partial charge in [-0.05, 0) is 32.1 Å².